The van der Waals surface area contributed by atoms with Crippen molar-refractivity contribution in [3.63, 3.8) is 0 Å². The van der Waals surface area contributed by atoms with Crippen molar-refractivity contribution >= 4 is 67.2 Å². The van der Waals surface area contributed by atoms with Gasteiger partial charge in [-0.3, -0.25) is 4.99 Å². The molecule has 1 N–H and O–H groups in total. The lowest BCUT2D eigenvalue weighted by molar-refractivity contribution is 0.866. The molecule has 2 heterocycles. The smallest absolute Gasteiger partial charge is 0.124 e. The Morgan fingerprint density at radius 2 is 2.11 bits per heavy atom. The van der Waals surface area contributed by atoms with Gasteiger partial charge < -0.3 is 5.32 Å². The third-order valence-electron chi connectivity index (χ3n) is 2.81. The van der Waals surface area contributed by atoms with Crippen molar-refractivity contribution in [3.8, 4) is 0 Å². The topological polar surface area (TPSA) is 24.4 Å². The number of hydrogen-bond acceptors (Lipinski definition) is 3. The van der Waals surface area contributed by atoms with Crippen LogP contribution in [0.4, 0.5) is 0 Å². The average molecular weight is 378 g/mol. The molecule has 0 aliphatic carbocycles. The number of thiophene rings is 1. The fourth-order valence-corrected chi connectivity index (χ4v) is 4.31. The zero-order valence-corrected chi connectivity index (χ0v) is 14.0. The van der Waals surface area contributed by atoms with Crippen molar-refractivity contribution in [1.82, 2.24) is 5.32 Å². The average Bonchev–Trinajstić information content (AvgIpc) is 2.71. The fraction of sp³-hybridized carbons (Fsp3) is 0.154. The molecular weight excluding hydrogens is 367 g/mol. The summed E-state index contributed by atoms with van der Waals surface area (Å²) < 4.78 is 2.34. The maximum Gasteiger partial charge on any atom is 0.124 e. The summed E-state index contributed by atoms with van der Waals surface area (Å²) in [5.41, 5.74) is 0. The fourth-order valence-electron chi connectivity index (χ4n) is 1.94. The lowest BCUT2D eigenvalue weighted by Crippen LogP contribution is -2.20. The molecule has 0 fully saturated rings. The number of amidine groups is 1. The van der Waals surface area contributed by atoms with Crippen molar-refractivity contribution in [2.45, 2.75) is 13.0 Å². The Morgan fingerprint density at radius 1 is 1.37 bits per heavy atom. The number of benzene rings is 1. The predicted octanol–water partition coefficient (Wildman–Crippen LogP) is 5.23. The molecule has 1 aromatic heterocycles. The van der Waals surface area contributed by atoms with Crippen molar-refractivity contribution in [2.24, 2.45) is 4.99 Å². The molecule has 2 nitrogen and oxygen atoms in total. The monoisotopic (exact) mass is 376 g/mol. The Balaban J connectivity index is 0.00000133. The molecule has 19 heavy (non-hydrogen) atoms. The highest BCUT2D eigenvalue weighted by atomic mass is 79.9. The molecule has 0 saturated carbocycles. The van der Waals surface area contributed by atoms with Gasteiger partial charge in [0.15, 0.2) is 0 Å². The largest absolute Gasteiger partial charge is 0.349 e. The zero-order valence-electron chi connectivity index (χ0n) is 9.98. The van der Waals surface area contributed by atoms with Gasteiger partial charge in [0.25, 0.3) is 0 Å². The highest BCUT2D eigenvalue weighted by Gasteiger charge is 2.23. The summed E-state index contributed by atoms with van der Waals surface area (Å²) in [6.07, 6.45) is 1.81. The van der Waals surface area contributed by atoms with Crippen LogP contribution >= 0.6 is 51.3 Å². The standard InChI is InChI=1S/C13H10BrClN2S.ClH/c1-7-16-6-9(15)12(17-7)13-11(14)8-4-2-3-5-10(8)18-13;/h2-6,12H,1H3,(H,16,17);1H. The first-order valence-electron chi connectivity index (χ1n) is 5.50. The maximum atomic E-state index is 6.26. The summed E-state index contributed by atoms with van der Waals surface area (Å²) in [6.45, 7) is 1.94. The van der Waals surface area contributed by atoms with Crippen LogP contribution in [0.3, 0.4) is 0 Å². The van der Waals surface area contributed by atoms with Gasteiger partial charge in [-0.2, -0.15) is 0 Å². The van der Waals surface area contributed by atoms with Crippen molar-refractivity contribution in [3.05, 3.63) is 44.8 Å². The summed E-state index contributed by atoms with van der Waals surface area (Å²) in [5, 5.41) is 4.96. The van der Waals surface area contributed by atoms with Gasteiger partial charge in [0.2, 0.25) is 0 Å². The van der Waals surface area contributed by atoms with Crippen LogP contribution in [-0.4, -0.2) is 5.84 Å². The molecule has 1 aliphatic heterocycles. The summed E-state index contributed by atoms with van der Waals surface area (Å²) in [5.74, 6) is 0.883. The van der Waals surface area contributed by atoms with E-state index in [0.717, 1.165) is 15.2 Å². The van der Waals surface area contributed by atoms with Gasteiger partial charge in [0, 0.05) is 20.8 Å². The molecule has 0 bridgehead atoms. The first-order valence-corrected chi connectivity index (χ1v) is 7.49. The SMILES string of the molecule is CC1=NC(c2sc3ccccc3c2Br)C(Cl)=CN1.Cl. The van der Waals surface area contributed by atoms with E-state index in [1.807, 2.05) is 25.3 Å². The van der Waals surface area contributed by atoms with Gasteiger partial charge in [0.1, 0.15) is 6.04 Å². The summed E-state index contributed by atoms with van der Waals surface area (Å²) in [4.78, 5) is 5.73. The Hall–Kier alpha value is -0.550. The second-order valence-electron chi connectivity index (χ2n) is 4.07. The number of hydrogen-bond donors (Lipinski definition) is 1. The highest BCUT2D eigenvalue weighted by Crippen LogP contribution is 2.44. The Bertz CT molecular complexity index is 678. The van der Waals surface area contributed by atoms with Crippen LogP contribution in [0.2, 0.25) is 0 Å². The molecule has 0 radical (unpaired) electrons. The molecule has 1 aromatic carbocycles. The van der Waals surface area contributed by atoms with Crippen LogP contribution in [0, 0.1) is 0 Å². The Morgan fingerprint density at radius 3 is 2.84 bits per heavy atom. The molecular formula is C13H11BrCl2N2S. The third kappa shape index (κ3) is 2.68. The molecule has 1 aliphatic rings. The van der Waals surface area contributed by atoms with Gasteiger partial charge in [-0.15, -0.1) is 23.7 Å². The number of aliphatic imine (C=N–C) groups is 1. The highest BCUT2D eigenvalue weighted by molar-refractivity contribution is 9.10. The van der Waals surface area contributed by atoms with E-state index < -0.39 is 0 Å². The molecule has 1 atom stereocenters. The van der Waals surface area contributed by atoms with Crippen molar-refractivity contribution in [2.75, 3.05) is 0 Å². The first kappa shape index (κ1) is 14.9. The molecule has 1 unspecified atom stereocenters. The molecule has 6 heteroatoms. The van der Waals surface area contributed by atoms with Crippen molar-refractivity contribution < 1.29 is 0 Å². The van der Waals surface area contributed by atoms with Crippen LogP contribution in [0.25, 0.3) is 10.1 Å². The number of rotatable bonds is 1. The van der Waals surface area contributed by atoms with Crippen LogP contribution in [0.1, 0.15) is 17.8 Å². The van der Waals surface area contributed by atoms with Crippen LogP contribution in [0.5, 0.6) is 0 Å². The molecule has 3 rings (SSSR count). The first-order chi connectivity index (χ1) is 8.66. The zero-order chi connectivity index (χ0) is 12.7. The molecule has 0 spiro atoms. The van der Waals surface area contributed by atoms with Gasteiger partial charge >= 0.3 is 0 Å². The van der Waals surface area contributed by atoms with Crippen molar-refractivity contribution in [1.29, 1.82) is 0 Å². The third-order valence-corrected chi connectivity index (χ3v) is 5.47. The summed E-state index contributed by atoms with van der Waals surface area (Å²) in [7, 11) is 0. The van der Waals surface area contributed by atoms with E-state index in [2.05, 4.69) is 38.4 Å². The van der Waals surface area contributed by atoms with Gasteiger partial charge in [0.05, 0.1) is 15.7 Å². The second kappa shape index (κ2) is 5.83. The van der Waals surface area contributed by atoms with Crippen LogP contribution in [0.15, 0.2) is 45.0 Å². The maximum absolute atomic E-state index is 6.26. The number of nitrogens with zero attached hydrogens (tertiary/aromatic N) is 1. The van der Waals surface area contributed by atoms with E-state index in [4.69, 9.17) is 11.6 Å². The number of fused-ring (bicyclic) bond motifs is 1. The van der Waals surface area contributed by atoms with E-state index >= 15 is 0 Å². The lowest BCUT2D eigenvalue weighted by atomic mass is 10.2. The molecule has 2 aromatic rings. The minimum Gasteiger partial charge on any atom is -0.349 e. The summed E-state index contributed by atoms with van der Waals surface area (Å²) in [6, 6.07) is 8.21. The molecule has 0 saturated heterocycles. The predicted molar refractivity (Wildman–Crippen MR) is 89.7 cm³/mol. The minimum atomic E-state index is -0.0975. The molecule has 0 amide bonds. The van der Waals surface area contributed by atoms with E-state index in [-0.39, 0.29) is 18.4 Å². The minimum absolute atomic E-state index is 0. The van der Waals surface area contributed by atoms with Crippen LogP contribution < -0.4 is 5.32 Å². The lowest BCUT2D eigenvalue weighted by Gasteiger charge is -2.17. The Labute approximate surface area is 135 Å². The second-order valence-corrected chi connectivity index (χ2v) is 6.38. The van der Waals surface area contributed by atoms with E-state index in [0.29, 0.717) is 5.03 Å². The van der Waals surface area contributed by atoms with E-state index in [9.17, 15) is 0 Å². The number of halogens is 3. The Kier molecular flexibility index (Phi) is 4.56. The van der Waals surface area contributed by atoms with E-state index in [1.54, 1.807) is 11.3 Å². The van der Waals surface area contributed by atoms with Crippen LogP contribution in [-0.2, 0) is 0 Å². The number of nitrogens with one attached hydrogen (secondary N) is 1. The molecule has 100 valence electrons. The summed E-state index contributed by atoms with van der Waals surface area (Å²) >= 11 is 11.7. The van der Waals surface area contributed by atoms with Gasteiger partial charge in [-0.25, -0.2) is 0 Å². The van der Waals surface area contributed by atoms with Gasteiger partial charge in [-0.1, -0.05) is 29.8 Å². The quantitative estimate of drug-likeness (QED) is 0.722. The van der Waals surface area contributed by atoms with Gasteiger partial charge in [-0.05, 0) is 28.9 Å². The normalized spacial score (nSPS) is 18.4. The van der Waals surface area contributed by atoms with E-state index in [1.165, 1.54) is 10.1 Å².